The molecule has 1 N–H and O–H groups in total. The highest BCUT2D eigenvalue weighted by molar-refractivity contribution is 5.39. The van der Waals surface area contributed by atoms with Crippen LogP contribution >= 0.6 is 0 Å². The largest absolute Gasteiger partial charge is 0.493 e. The molecule has 0 radical (unpaired) electrons. The summed E-state index contributed by atoms with van der Waals surface area (Å²) < 4.78 is 10.9. The molecule has 20 heavy (non-hydrogen) atoms. The number of nitrogens with one attached hydrogen (secondary N) is 1. The molecule has 1 aliphatic heterocycles. The molecule has 1 aromatic heterocycles. The average Bonchev–Trinajstić information content (AvgIpc) is 3.09. The topological polar surface area (TPSA) is 34.4 Å². The summed E-state index contributed by atoms with van der Waals surface area (Å²) in [6.07, 6.45) is 4.76. The van der Waals surface area contributed by atoms with Crippen LogP contribution in [0.1, 0.15) is 23.8 Å². The van der Waals surface area contributed by atoms with Gasteiger partial charge in [-0.3, -0.25) is 0 Å². The van der Waals surface area contributed by atoms with Gasteiger partial charge in [-0.2, -0.15) is 0 Å². The third kappa shape index (κ3) is 3.23. The summed E-state index contributed by atoms with van der Waals surface area (Å²) >= 11 is 0. The van der Waals surface area contributed by atoms with E-state index in [0.717, 1.165) is 43.9 Å². The Morgan fingerprint density at radius 2 is 2.25 bits per heavy atom. The van der Waals surface area contributed by atoms with Crippen LogP contribution in [0.3, 0.4) is 0 Å². The third-order valence-corrected chi connectivity index (χ3v) is 3.75. The second-order valence-corrected chi connectivity index (χ2v) is 5.43. The molecule has 1 aromatic carbocycles. The van der Waals surface area contributed by atoms with Gasteiger partial charge < -0.3 is 14.5 Å². The lowest BCUT2D eigenvalue weighted by Gasteiger charge is -2.12. The maximum absolute atomic E-state index is 5.53. The van der Waals surface area contributed by atoms with E-state index in [1.165, 1.54) is 11.1 Å². The van der Waals surface area contributed by atoms with Gasteiger partial charge in [0, 0.05) is 18.9 Å². The van der Waals surface area contributed by atoms with Crippen molar-refractivity contribution in [3.8, 4) is 5.75 Å². The van der Waals surface area contributed by atoms with Crippen molar-refractivity contribution in [1.29, 1.82) is 0 Å². The van der Waals surface area contributed by atoms with Crippen LogP contribution in [0.5, 0.6) is 5.75 Å². The van der Waals surface area contributed by atoms with Crippen molar-refractivity contribution in [2.45, 2.75) is 32.2 Å². The van der Waals surface area contributed by atoms with Crippen molar-refractivity contribution < 1.29 is 9.15 Å². The monoisotopic (exact) mass is 271 g/mol. The first-order valence-electron chi connectivity index (χ1n) is 7.31. The van der Waals surface area contributed by atoms with Crippen molar-refractivity contribution in [3.63, 3.8) is 0 Å². The molecule has 0 fully saturated rings. The maximum Gasteiger partial charge on any atom is 0.122 e. The Labute approximate surface area is 119 Å². The van der Waals surface area contributed by atoms with Gasteiger partial charge in [-0.05, 0) is 49.2 Å². The van der Waals surface area contributed by atoms with Crippen molar-refractivity contribution in [2.75, 3.05) is 13.2 Å². The van der Waals surface area contributed by atoms with Gasteiger partial charge in [0.15, 0.2) is 0 Å². The summed E-state index contributed by atoms with van der Waals surface area (Å²) in [4.78, 5) is 0. The molecular weight excluding hydrogens is 250 g/mol. The first-order valence-corrected chi connectivity index (χ1v) is 7.31. The van der Waals surface area contributed by atoms with E-state index in [1.807, 2.05) is 12.1 Å². The van der Waals surface area contributed by atoms with E-state index < -0.39 is 0 Å². The second kappa shape index (κ2) is 6.14. The molecule has 3 nitrogen and oxygen atoms in total. The molecule has 0 amide bonds. The second-order valence-electron chi connectivity index (χ2n) is 5.43. The van der Waals surface area contributed by atoms with E-state index in [4.69, 9.17) is 9.15 Å². The van der Waals surface area contributed by atoms with Crippen LogP contribution in [-0.2, 0) is 19.3 Å². The van der Waals surface area contributed by atoms with Crippen LogP contribution in [-0.4, -0.2) is 19.2 Å². The Morgan fingerprint density at radius 1 is 1.30 bits per heavy atom. The molecular formula is C17H21NO2. The van der Waals surface area contributed by atoms with Gasteiger partial charge in [-0.25, -0.2) is 0 Å². The summed E-state index contributed by atoms with van der Waals surface area (Å²) in [6.45, 7) is 4.01. The van der Waals surface area contributed by atoms with Crippen molar-refractivity contribution in [1.82, 2.24) is 5.32 Å². The minimum Gasteiger partial charge on any atom is -0.493 e. The highest BCUT2D eigenvalue weighted by Crippen LogP contribution is 2.25. The van der Waals surface area contributed by atoms with E-state index in [0.29, 0.717) is 6.04 Å². The van der Waals surface area contributed by atoms with Crippen molar-refractivity contribution >= 4 is 0 Å². The number of rotatable bonds is 6. The van der Waals surface area contributed by atoms with Crippen LogP contribution in [0, 0.1) is 0 Å². The van der Waals surface area contributed by atoms with Crippen molar-refractivity contribution in [3.05, 3.63) is 53.5 Å². The van der Waals surface area contributed by atoms with Gasteiger partial charge in [0.05, 0.1) is 12.9 Å². The lowest BCUT2D eigenvalue weighted by Crippen LogP contribution is -2.29. The van der Waals surface area contributed by atoms with E-state index in [1.54, 1.807) is 6.26 Å². The molecule has 1 unspecified atom stereocenters. The highest BCUT2D eigenvalue weighted by atomic mass is 16.5. The van der Waals surface area contributed by atoms with Gasteiger partial charge in [-0.1, -0.05) is 12.1 Å². The first-order chi connectivity index (χ1) is 9.81. The van der Waals surface area contributed by atoms with E-state index in [9.17, 15) is 0 Å². The first kappa shape index (κ1) is 13.3. The zero-order valence-corrected chi connectivity index (χ0v) is 11.9. The highest BCUT2D eigenvalue weighted by Gasteiger charge is 2.12. The number of hydrogen-bond donors (Lipinski definition) is 1. The van der Waals surface area contributed by atoms with Gasteiger partial charge >= 0.3 is 0 Å². The van der Waals surface area contributed by atoms with E-state index in [2.05, 4.69) is 30.4 Å². The molecule has 2 heterocycles. The lowest BCUT2D eigenvalue weighted by molar-refractivity contribution is 0.357. The van der Waals surface area contributed by atoms with E-state index in [-0.39, 0.29) is 0 Å². The molecule has 3 rings (SSSR count). The lowest BCUT2D eigenvalue weighted by atomic mass is 10.1. The van der Waals surface area contributed by atoms with Crippen molar-refractivity contribution in [2.24, 2.45) is 0 Å². The molecule has 3 heteroatoms. The molecule has 0 spiro atoms. The standard InChI is InChI=1S/C17H21NO2/c1-13(11-16-3-2-9-19-16)18-8-6-14-4-5-17-15(12-14)7-10-20-17/h2-5,9,12-13,18H,6-8,10-11H2,1H3. The molecule has 2 aromatic rings. The molecule has 0 bridgehead atoms. The zero-order valence-electron chi connectivity index (χ0n) is 11.9. The summed E-state index contributed by atoms with van der Waals surface area (Å²) in [6, 6.07) is 10.9. The maximum atomic E-state index is 5.53. The van der Waals surface area contributed by atoms with Crippen LogP contribution in [0.25, 0.3) is 0 Å². The van der Waals surface area contributed by atoms with Gasteiger partial charge in [0.2, 0.25) is 0 Å². The third-order valence-electron chi connectivity index (χ3n) is 3.75. The van der Waals surface area contributed by atoms with Gasteiger partial charge in [0.1, 0.15) is 11.5 Å². The molecule has 1 aliphatic rings. The summed E-state index contributed by atoms with van der Waals surface area (Å²) in [5, 5.41) is 3.55. The van der Waals surface area contributed by atoms with Crippen LogP contribution < -0.4 is 10.1 Å². The Balaban J connectivity index is 1.45. The Bertz CT molecular complexity index is 548. The fourth-order valence-electron chi connectivity index (χ4n) is 2.66. The van der Waals surface area contributed by atoms with Crippen LogP contribution in [0.15, 0.2) is 41.0 Å². The fourth-order valence-corrected chi connectivity index (χ4v) is 2.66. The summed E-state index contributed by atoms with van der Waals surface area (Å²) in [5.41, 5.74) is 2.73. The molecule has 0 aliphatic carbocycles. The number of benzene rings is 1. The molecule has 1 atom stereocenters. The zero-order chi connectivity index (χ0) is 13.8. The predicted molar refractivity (Wildman–Crippen MR) is 79.2 cm³/mol. The SMILES string of the molecule is CC(Cc1ccco1)NCCc1ccc2c(c1)CCO2. The average molecular weight is 271 g/mol. The van der Waals surface area contributed by atoms with Crippen LogP contribution in [0.4, 0.5) is 0 Å². The summed E-state index contributed by atoms with van der Waals surface area (Å²) in [7, 11) is 0. The molecule has 0 saturated heterocycles. The number of fused-ring (bicyclic) bond motifs is 1. The van der Waals surface area contributed by atoms with Gasteiger partial charge in [-0.15, -0.1) is 0 Å². The number of furan rings is 1. The molecule has 106 valence electrons. The summed E-state index contributed by atoms with van der Waals surface area (Å²) in [5.74, 6) is 2.10. The minimum absolute atomic E-state index is 0.430. The Hall–Kier alpha value is -1.74. The van der Waals surface area contributed by atoms with Crippen LogP contribution in [0.2, 0.25) is 0 Å². The molecule has 0 saturated carbocycles. The Morgan fingerprint density at radius 3 is 3.10 bits per heavy atom. The van der Waals surface area contributed by atoms with Gasteiger partial charge in [0.25, 0.3) is 0 Å². The number of ether oxygens (including phenoxy) is 1. The quantitative estimate of drug-likeness (QED) is 0.877. The normalized spacial score (nSPS) is 14.8. The van der Waals surface area contributed by atoms with E-state index >= 15 is 0 Å². The predicted octanol–water partition coefficient (Wildman–Crippen LogP) is 2.98. The smallest absolute Gasteiger partial charge is 0.122 e. The fraction of sp³-hybridized carbons (Fsp3) is 0.412. The minimum atomic E-state index is 0.430. The number of hydrogen-bond acceptors (Lipinski definition) is 3. The Kier molecular flexibility index (Phi) is 4.07.